The molecule has 0 radical (unpaired) electrons. The molecule has 46 heavy (non-hydrogen) atoms. The van der Waals surface area contributed by atoms with E-state index in [0.29, 0.717) is 37.7 Å². The van der Waals surface area contributed by atoms with Crippen LogP contribution < -0.4 is 10.6 Å². The predicted molar refractivity (Wildman–Crippen MR) is 181 cm³/mol. The van der Waals surface area contributed by atoms with Crippen molar-refractivity contribution in [2.24, 2.45) is 0 Å². The number of carbonyl (C=O) groups excluding carboxylic acids is 2. The van der Waals surface area contributed by atoms with E-state index in [-0.39, 0.29) is 24.0 Å². The first-order chi connectivity index (χ1) is 22.4. The van der Waals surface area contributed by atoms with Crippen LogP contribution in [-0.2, 0) is 24.2 Å². The number of carbonyl (C=O) groups is 2. The zero-order valence-electron chi connectivity index (χ0n) is 25.7. The largest absolute Gasteiger partial charge is 0.352 e. The van der Waals surface area contributed by atoms with Crippen molar-refractivity contribution in [1.82, 2.24) is 40.4 Å². The van der Waals surface area contributed by atoms with Gasteiger partial charge >= 0.3 is 6.03 Å². The Morgan fingerprint density at radius 2 is 1.72 bits per heavy atom. The molecule has 1 saturated carbocycles. The van der Waals surface area contributed by atoms with E-state index in [1.54, 1.807) is 9.70 Å². The number of halogens is 2. The Hall–Kier alpha value is -3.54. The van der Waals surface area contributed by atoms with Crippen LogP contribution in [0.25, 0.3) is 11.0 Å². The van der Waals surface area contributed by atoms with Crippen molar-refractivity contribution >= 4 is 50.5 Å². The first-order valence-corrected chi connectivity index (χ1v) is 17.4. The standard InChI is InChI=1S/C34H38BrClN8O2/c35-24-18-23-11-10-22-19-25(36)12-13-27(22)32(31(23)38-20-24)42-16-17-43(34(46)39-26-6-2-1-3-7-26)30(21-42)33(45)37-14-15-44-40-28-8-4-5-9-29(28)41-44/h4-5,8-9,12-13,18-20,26,30,32H,1-3,6-7,10-11,14-17,21H2,(H,37,45)(H,39,46)/t30-,32?/m1/s1. The number of nitrogens with one attached hydrogen (secondary N) is 2. The zero-order valence-corrected chi connectivity index (χ0v) is 28.0. The van der Waals surface area contributed by atoms with Gasteiger partial charge in [-0.25, -0.2) is 4.79 Å². The number of urea groups is 1. The van der Waals surface area contributed by atoms with E-state index >= 15 is 0 Å². The van der Waals surface area contributed by atoms with Gasteiger partial charge < -0.3 is 15.5 Å². The van der Waals surface area contributed by atoms with Gasteiger partial charge in [0.25, 0.3) is 0 Å². The monoisotopic (exact) mass is 704 g/mol. The zero-order chi connectivity index (χ0) is 31.6. The van der Waals surface area contributed by atoms with Crippen molar-refractivity contribution in [1.29, 1.82) is 0 Å². The third-order valence-electron chi connectivity index (χ3n) is 9.50. The summed E-state index contributed by atoms with van der Waals surface area (Å²) in [5.74, 6) is -0.186. The lowest BCUT2D eigenvalue weighted by Gasteiger charge is -2.44. The fraction of sp³-hybridized carbons (Fsp3) is 0.441. The minimum Gasteiger partial charge on any atom is -0.352 e. The molecule has 0 bridgehead atoms. The number of hydrogen-bond donors (Lipinski definition) is 2. The summed E-state index contributed by atoms with van der Waals surface area (Å²) >= 11 is 10.1. The Morgan fingerprint density at radius 3 is 2.50 bits per heavy atom. The van der Waals surface area contributed by atoms with E-state index in [0.717, 1.165) is 65.3 Å². The Morgan fingerprint density at radius 1 is 0.957 bits per heavy atom. The first-order valence-electron chi connectivity index (χ1n) is 16.2. The Labute approximate surface area is 282 Å². The molecule has 240 valence electrons. The summed E-state index contributed by atoms with van der Waals surface area (Å²) < 4.78 is 0.940. The number of nitrogens with zero attached hydrogens (tertiary/aromatic N) is 6. The second kappa shape index (κ2) is 13.7. The normalized spacial score (nSPS) is 20.5. The lowest BCUT2D eigenvalue weighted by molar-refractivity contribution is -0.127. The van der Waals surface area contributed by atoms with Crippen molar-refractivity contribution < 1.29 is 9.59 Å². The van der Waals surface area contributed by atoms with Crippen LogP contribution in [0.1, 0.15) is 60.5 Å². The first kappa shape index (κ1) is 31.1. The molecule has 2 aromatic carbocycles. The highest BCUT2D eigenvalue weighted by molar-refractivity contribution is 9.10. The fourth-order valence-electron chi connectivity index (χ4n) is 7.19. The number of benzene rings is 2. The molecular weight excluding hydrogens is 668 g/mol. The fourth-order valence-corrected chi connectivity index (χ4v) is 7.77. The third-order valence-corrected chi connectivity index (χ3v) is 10.2. The molecule has 3 heterocycles. The smallest absolute Gasteiger partial charge is 0.318 e. The maximum absolute atomic E-state index is 14.0. The molecule has 12 heteroatoms. The topological polar surface area (TPSA) is 108 Å². The van der Waals surface area contributed by atoms with E-state index in [1.807, 2.05) is 36.5 Å². The van der Waals surface area contributed by atoms with Crippen molar-refractivity contribution in [2.75, 3.05) is 26.2 Å². The molecular formula is C34H38BrClN8O2. The molecule has 2 aromatic heterocycles. The number of aromatic nitrogens is 4. The molecule has 2 atom stereocenters. The maximum Gasteiger partial charge on any atom is 0.318 e. The summed E-state index contributed by atoms with van der Waals surface area (Å²) in [5.41, 5.74) is 6.12. The van der Waals surface area contributed by atoms with Gasteiger partial charge in [-0.2, -0.15) is 15.0 Å². The molecule has 2 fully saturated rings. The van der Waals surface area contributed by atoms with Gasteiger partial charge in [-0.1, -0.05) is 49.1 Å². The predicted octanol–water partition coefficient (Wildman–Crippen LogP) is 5.28. The molecule has 2 N–H and O–H groups in total. The van der Waals surface area contributed by atoms with E-state index in [2.05, 4.69) is 59.9 Å². The number of hydrogen-bond acceptors (Lipinski definition) is 6. The van der Waals surface area contributed by atoms with Gasteiger partial charge in [0.2, 0.25) is 5.91 Å². The average Bonchev–Trinajstić information content (AvgIpc) is 3.41. The molecule has 1 saturated heterocycles. The highest BCUT2D eigenvalue weighted by atomic mass is 79.9. The summed E-state index contributed by atoms with van der Waals surface area (Å²) in [6.45, 7) is 2.17. The van der Waals surface area contributed by atoms with Crippen LogP contribution in [0, 0.1) is 0 Å². The number of pyridine rings is 1. The second-order valence-corrected chi connectivity index (χ2v) is 13.9. The number of amides is 3. The van der Waals surface area contributed by atoms with Gasteiger partial charge in [0.05, 0.1) is 18.3 Å². The molecule has 0 spiro atoms. The van der Waals surface area contributed by atoms with Crippen LogP contribution in [0.5, 0.6) is 0 Å². The van der Waals surface area contributed by atoms with Crippen LogP contribution in [0.4, 0.5) is 4.79 Å². The molecule has 3 amide bonds. The lowest BCUT2D eigenvalue weighted by atomic mass is 9.95. The average molecular weight is 706 g/mol. The highest BCUT2D eigenvalue weighted by Crippen LogP contribution is 2.38. The van der Waals surface area contributed by atoms with Crippen molar-refractivity contribution in [3.8, 4) is 0 Å². The summed E-state index contributed by atoms with van der Waals surface area (Å²) in [5, 5.41) is 16.1. The van der Waals surface area contributed by atoms with Crippen molar-refractivity contribution in [3.63, 3.8) is 0 Å². The Bertz CT molecular complexity index is 1650. The minimum atomic E-state index is -0.681. The van der Waals surface area contributed by atoms with Crippen LogP contribution in [-0.4, -0.2) is 80.0 Å². The van der Waals surface area contributed by atoms with E-state index in [4.69, 9.17) is 16.6 Å². The molecule has 1 unspecified atom stereocenters. The maximum atomic E-state index is 14.0. The number of aryl methyl sites for hydroxylation is 2. The summed E-state index contributed by atoms with van der Waals surface area (Å²) in [7, 11) is 0. The van der Waals surface area contributed by atoms with E-state index in [1.165, 1.54) is 17.5 Å². The molecule has 7 rings (SSSR count). The molecule has 4 aromatic rings. The van der Waals surface area contributed by atoms with Gasteiger partial charge in [0.1, 0.15) is 17.1 Å². The summed E-state index contributed by atoms with van der Waals surface area (Å²) in [6, 6.07) is 15.1. The molecule has 1 aliphatic heterocycles. The van der Waals surface area contributed by atoms with Gasteiger partial charge in [-0.3, -0.25) is 14.7 Å². The molecule has 10 nitrogen and oxygen atoms in total. The van der Waals surface area contributed by atoms with Gasteiger partial charge in [-0.05, 0) is 88.6 Å². The van der Waals surface area contributed by atoms with Crippen LogP contribution in [0.2, 0.25) is 5.02 Å². The van der Waals surface area contributed by atoms with Crippen LogP contribution >= 0.6 is 27.5 Å². The number of piperazine rings is 1. The van der Waals surface area contributed by atoms with E-state index in [9.17, 15) is 9.59 Å². The van der Waals surface area contributed by atoms with E-state index < -0.39 is 6.04 Å². The van der Waals surface area contributed by atoms with Gasteiger partial charge in [0.15, 0.2) is 0 Å². The number of fused-ring (bicyclic) bond motifs is 3. The van der Waals surface area contributed by atoms with Crippen molar-refractivity contribution in [2.45, 2.75) is 69.6 Å². The Kier molecular flexibility index (Phi) is 9.24. The van der Waals surface area contributed by atoms with Crippen LogP contribution in [0.3, 0.4) is 0 Å². The molecule has 2 aliphatic carbocycles. The Balaban J connectivity index is 1.15. The van der Waals surface area contributed by atoms with Gasteiger partial charge in [-0.15, -0.1) is 0 Å². The number of rotatable bonds is 6. The molecule has 3 aliphatic rings. The summed E-state index contributed by atoms with van der Waals surface area (Å²) in [4.78, 5) is 38.3. The summed E-state index contributed by atoms with van der Waals surface area (Å²) in [6.07, 6.45) is 8.94. The van der Waals surface area contributed by atoms with Crippen molar-refractivity contribution in [3.05, 3.63) is 86.6 Å². The third kappa shape index (κ3) is 6.63. The lowest BCUT2D eigenvalue weighted by Crippen LogP contribution is -2.63. The van der Waals surface area contributed by atoms with Gasteiger partial charge in [0, 0.05) is 47.9 Å². The SMILES string of the molecule is O=C(NCCn1nc2ccccc2n1)[C@H]1CN(C2c3ccc(Cl)cc3CCc3cc(Br)cnc32)CCN1C(=O)NC1CCCCC1. The second-order valence-electron chi connectivity index (χ2n) is 12.5. The minimum absolute atomic E-state index is 0.149. The highest BCUT2D eigenvalue weighted by Gasteiger charge is 2.40. The van der Waals surface area contributed by atoms with Crippen LogP contribution in [0.15, 0.2) is 59.2 Å². The quantitative estimate of drug-likeness (QED) is 0.283.